The molecule has 3 aromatic carbocycles. The molecule has 0 unspecified atom stereocenters. The molecule has 2 N–H and O–H groups in total. The Bertz CT molecular complexity index is 1330. The number of hydrogen-bond donors (Lipinski definition) is 2. The largest absolute Gasteiger partial charge is 0.378 e. The molecule has 0 saturated heterocycles. The van der Waals surface area contributed by atoms with Crippen LogP contribution in [0.3, 0.4) is 0 Å². The number of anilines is 2. The summed E-state index contributed by atoms with van der Waals surface area (Å²) >= 11 is 3.70. The van der Waals surface area contributed by atoms with Crippen LogP contribution in [0.25, 0.3) is 0 Å². The van der Waals surface area contributed by atoms with Crippen molar-refractivity contribution in [2.45, 2.75) is 37.1 Å². The third-order valence-corrected chi connectivity index (χ3v) is 8.75. The van der Waals surface area contributed by atoms with E-state index in [1.54, 1.807) is 12.1 Å². The van der Waals surface area contributed by atoms with Crippen LogP contribution in [0, 0.1) is 19.8 Å². The molecule has 4 nitrogen and oxygen atoms in total. The Morgan fingerprint density at radius 1 is 0.969 bits per heavy atom. The molecular formula is C26H25BrN2O2S. The molecule has 1 aliphatic carbocycles. The number of aryl methyl sites for hydroxylation is 2. The minimum Gasteiger partial charge on any atom is -0.378 e. The van der Waals surface area contributed by atoms with E-state index in [-0.39, 0.29) is 16.9 Å². The summed E-state index contributed by atoms with van der Waals surface area (Å²) in [4.78, 5) is 0.287. The maximum absolute atomic E-state index is 13.2. The van der Waals surface area contributed by atoms with Gasteiger partial charge in [-0.05, 0) is 84.8 Å². The zero-order valence-electron chi connectivity index (χ0n) is 18.0. The van der Waals surface area contributed by atoms with Crippen LogP contribution < -0.4 is 10.0 Å². The van der Waals surface area contributed by atoms with Gasteiger partial charge in [0.05, 0.1) is 10.9 Å². The summed E-state index contributed by atoms with van der Waals surface area (Å²) in [6.07, 6.45) is 5.40. The first-order chi connectivity index (χ1) is 15.3. The average Bonchev–Trinajstić information content (AvgIpc) is 3.26. The topological polar surface area (TPSA) is 58.2 Å². The van der Waals surface area contributed by atoms with Gasteiger partial charge >= 0.3 is 0 Å². The Kier molecular flexibility index (Phi) is 5.38. The Labute approximate surface area is 197 Å². The third kappa shape index (κ3) is 3.76. The van der Waals surface area contributed by atoms with Crippen molar-refractivity contribution in [3.63, 3.8) is 0 Å². The molecule has 32 heavy (non-hydrogen) atoms. The molecule has 1 aliphatic heterocycles. The third-order valence-electron chi connectivity index (χ3n) is 6.64. The number of allylic oxidation sites excluding steroid dienone is 2. The molecule has 6 heteroatoms. The lowest BCUT2D eigenvalue weighted by Gasteiger charge is -2.38. The predicted octanol–water partition coefficient (Wildman–Crippen LogP) is 6.69. The predicted molar refractivity (Wildman–Crippen MR) is 134 cm³/mol. The van der Waals surface area contributed by atoms with Crippen molar-refractivity contribution in [3.05, 3.63) is 99.5 Å². The minimum atomic E-state index is -3.69. The van der Waals surface area contributed by atoms with E-state index in [9.17, 15) is 8.42 Å². The van der Waals surface area contributed by atoms with E-state index in [4.69, 9.17) is 0 Å². The zero-order valence-corrected chi connectivity index (χ0v) is 20.4. The lowest BCUT2D eigenvalue weighted by atomic mass is 9.77. The van der Waals surface area contributed by atoms with Crippen LogP contribution >= 0.6 is 15.9 Å². The smallest absolute Gasteiger partial charge is 0.261 e. The van der Waals surface area contributed by atoms with Gasteiger partial charge in [-0.1, -0.05) is 52.3 Å². The first kappa shape index (κ1) is 21.3. The monoisotopic (exact) mass is 508 g/mol. The molecule has 3 aromatic rings. The molecule has 0 spiro atoms. The van der Waals surface area contributed by atoms with E-state index < -0.39 is 10.0 Å². The summed E-state index contributed by atoms with van der Waals surface area (Å²) in [6.45, 7) is 3.99. The van der Waals surface area contributed by atoms with Gasteiger partial charge in [-0.2, -0.15) is 0 Å². The van der Waals surface area contributed by atoms with Crippen molar-refractivity contribution in [2.75, 3.05) is 10.0 Å². The summed E-state index contributed by atoms with van der Waals surface area (Å²) in [7, 11) is -3.69. The fourth-order valence-electron chi connectivity index (χ4n) is 4.79. The van der Waals surface area contributed by atoms with Gasteiger partial charge in [-0.25, -0.2) is 8.42 Å². The second-order valence-electron chi connectivity index (χ2n) is 8.65. The highest BCUT2D eigenvalue weighted by atomic mass is 79.9. The maximum Gasteiger partial charge on any atom is 0.261 e. The van der Waals surface area contributed by atoms with Crippen LogP contribution in [0.4, 0.5) is 11.4 Å². The fraction of sp³-hybridized carbons (Fsp3) is 0.231. The zero-order chi connectivity index (χ0) is 22.5. The number of rotatable bonds is 4. The van der Waals surface area contributed by atoms with Crippen molar-refractivity contribution in [2.24, 2.45) is 5.92 Å². The molecule has 0 radical (unpaired) electrons. The highest BCUT2D eigenvalue weighted by molar-refractivity contribution is 9.10. The Morgan fingerprint density at radius 2 is 1.78 bits per heavy atom. The number of halogens is 1. The maximum atomic E-state index is 13.2. The van der Waals surface area contributed by atoms with E-state index in [0.29, 0.717) is 11.6 Å². The normalized spacial score (nSPS) is 21.5. The lowest BCUT2D eigenvalue weighted by molar-refractivity contribution is 0.424. The number of benzene rings is 3. The highest BCUT2D eigenvalue weighted by Gasteiger charge is 2.39. The van der Waals surface area contributed by atoms with Crippen molar-refractivity contribution in [1.29, 1.82) is 0 Å². The minimum absolute atomic E-state index is 0.161. The standard InChI is InChI=1S/C26H25BrN2O2S/c1-16-10-11-18(14-17(16)2)29-32(30,31)19-12-13-25-23(15-19)20-7-5-8-21(20)26(28-25)22-6-3-4-9-24(22)27/h3-7,9-15,20-21,26,28-29H,8H2,1-2H3/t20-,21+,26-/m0/s1. The quantitative estimate of drug-likeness (QED) is 0.385. The van der Waals surface area contributed by atoms with E-state index in [1.165, 1.54) is 5.56 Å². The molecule has 0 saturated carbocycles. The molecule has 0 fully saturated rings. The Morgan fingerprint density at radius 3 is 2.56 bits per heavy atom. The van der Waals surface area contributed by atoms with Gasteiger partial charge in [0.25, 0.3) is 10.0 Å². The van der Waals surface area contributed by atoms with E-state index in [1.807, 2.05) is 44.2 Å². The molecule has 164 valence electrons. The van der Waals surface area contributed by atoms with Gasteiger partial charge in [0, 0.05) is 21.8 Å². The molecule has 5 rings (SSSR count). The first-order valence-electron chi connectivity index (χ1n) is 10.7. The molecule has 0 aromatic heterocycles. The van der Waals surface area contributed by atoms with Crippen LogP contribution in [-0.4, -0.2) is 8.42 Å². The number of fused-ring (bicyclic) bond motifs is 3. The van der Waals surface area contributed by atoms with E-state index in [0.717, 1.165) is 33.3 Å². The van der Waals surface area contributed by atoms with Crippen molar-refractivity contribution < 1.29 is 8.42 Å². The molecule has 2 aliphatic rings. The van der Waals surface area contributed by atoms with Gasteiger partial charge in [0.1, 0.15) is 0 Å². The van der Waals surface area contributed by atoms with Crippen molar-refractivity contribution in [3.8, 4) is 0 Å². The van der Waals surface area contributed by atoms with Crippen LogP contribution in [0.1, 0.15) is 40.6 Å². The summed E-state index contributed by atoms with van der Waals surface area (Å²) in [5.41, 5.74) is 6.02. The van der Waals surface area contributed by atoms with Gasteiger partial charge < -0.3 is 5.32 Å². The Hall–Kier alpha value is -2.57. The second-order valence-corrected chi connectivity index (χ2v) is 11.2. The van der Waals surface area contributed by atoms with Crippen LogP contribution in [-0.2, 0) is 10.0 Å². The van der Waals surface area contributed by atoms with E-state index >= 15 is 0 Å². The van der Waals surface area contributed by atoms with Crippen LogP contribution in [0.2, 0.25) is 0 Å². The van der Waals surface area contributed by atoms with Crippen molar-refractivity contribution >= 4 is 37.3 Å². The molecular weight excluding hydrogens is 484 g/mol. The van der Waals surface area contributed by atoms with Crippen LogP contribution in [0.15, 0.2) is 82.2 Å². The number of nitrogens with one attached hydrogen (secondary N) is 2. The summed E-state index contributed by atoms with van der Waals surface area (Å²) in [5, 5.41) is 3.68. The summed E-state index contributed by atoms with van der Waals surface area (Å²) in [5.74, 6) is 0.520. The highest BCUT2D eigenvalue weighted by Crippen LogP contribution is 2.51. The molecule has 0 amide bonds. The molecule has 0 bridgehead atoms. The number of sulfonamides is 1. The average molecular weight is 509 g/mol. The first-order valence-corrected chi connectivity index (χ1v) is 13.0. The lowest BCUT2D eigenvalue weighted by Crippen LogP contribution is -2.29. The van der Waals surface area contributed by atoms with E-state index in [2.05, 4.69) is 56.3 Å². The SMILES string of the molecule is Cc1ccc(NS(=O)(=O)c2ccc3c(c2)[C@H]2C=CC[C@H]2[C@@H](c2ccccc2Br)N3)cc1C. The molecule has 1 heterocycles. The van der Waals surface area contributed by atoms with Gasteiger partial charge in [-0.3, -0.25) is 4.72 Å². The summed E-state index contributed by atoms with van der Waals surface area (Å²) < 4.78 is 30.1. The fourth-order valence-corrected chi connectivity index (χ4v) is 6.41. The molecule has 3 atom stereocenters. The summed E-state index contributed by atoms with van der Waals surface area (Å²) in [6, 6.07) is 19.5. The van der Waals surface area contributed by atoms with Crippen LogP contribution in [0.5, 0.6) is 0 Å². The number of hydrogen-bond acceptors (Lipinski definition) is 3. The van der Waals surface area contributed by atoms with Gasteiger partial charge in [-0.15, -0.1) is 0 Å². The van der Waals surface area contributed by atoms with Gasteiger partial charge in [0.15, 0.2) is 0 Å². The Balaban J connectivity index is 1.49. The van der Waals surface area contributed by atoms with Crippen molar-refractivity contribution in [1.82, 2.24) is 0 Å². The second kappa shape index (κ2) is 8.09. The van der Waals surface area contributed by atoms with Gasteiger partial charge in [0.2, 0.25) is 0 Å².